The Labute approximate surface area is 146 Å². The molecular formula is C18H24N4O3. The first-order valence-corrected chi connectivity index (χ1v) is 8.85. The van der Waals surface area contributed by atoms with Crippen molar-refractivity contribution < 1.29 is 9.15 Å². The second-order valence-electron chi connectivity index (χ2n) is 7.02. The van der Waals surface area contributed by atoms with E-state index >= 15 is 0 Å². The maximum Gasteiger partial charge on any atom is 0.255 e. The van der Waals surface area contributed by atoms with Crippen LogP contribution in [0.5, 0.6) is 0 Å². The zero-order chi connectivity index (χ0) is 17.4. The maximum absolute atomic E-state index is 12.5. The molecule has 0 saturated carbocycles. The molecule has 0 spiro atoms. The van der Waals surface area contributed by atoms with E-state index in [-0.39, 0.29) is 17.8 Å². The van der Waals surface area contributed by atoms with Gasteiger partial charge >= 0.3 is 0 Å². The summed E-state index contributed by atoms with van der Waals surface area (Å²) in [4.78, 5) is 24.7. The molecule has 134 valence electrons. The lowest BCUT2D eigenvalue weighted by molar-refractivity contribution is -0.00576. The van der Waals surface area contributed by atoms with Gasteiger partial charge in [-0.1, -0.05) is 0 Å². The van der Waals surface area contributed by atoms with Crippen LogP contribution in [0.1, 0.15) is 30.9 Å². The highest BCUT2D eigenvalue weighted by molar-refractivity contribution is 5.35. The van der Waals surface area contributed by atoms with Crippen LogP contribution in [0.15, 0.2) is 27.6 Å². The van der Waals surface area contributed by atoms with Gasteiger partial charge in [-0.05, 0) is 32.4 Å². The Balaban J connectivity index is 1.56. The molecule has 1 fully saturated rings. The zero-order valence-electron chi connectivity index (χ0n) is 14.7. The molecule has 0 bridgehead atoms. The number of morpholine rings is 1. The number of nitrogens with one attached hydrogen (secondary N) is 1. The summed E-state index contributed by atoms with van der Waals surface area (Å²) in [5.41, 5.74) is 1.68. The highest BCUT2D eigenvalue weighted by Crippen LogP contribution is 2.21. The van der Waals surface area contributed by atoms with E-state index in [1.165, 1.54) is 0 Å². The molecule has 7 heteroatoms. The van der Waals surface area contributed by atoms with Crippen molar-refractivity contribution in [3.8, 4) is 0 Å². The Hall–Kier alpha value is -2.12. The average molecular weight is 344 g/mol. The van der Waals surface area contributed by atoms with E-state index in [0.717, 1.165) is 43.2 Å². The minimum atomic E-state index is -0.00977. The summed E-state index contributed by atoms with van der Waals surface area (Å²) in [6.07, 6.45) is 2.66. The fourth-order valence-corrected chi connectivity index (χ4v) is 3.74. The molecule has 0 aliphatic carbocycles. The molecule has 2 aliphatic rings. The number of hydrogen-bond acceptors (Lipinski definition) is 6. The molecule has 4 heterocycles. The average Bonchev–Trinajstić information content (AvgIpc) is 3.06. The lowest BCUT2D eigenvalue weighted by Crippen LogP contribution is -2.47. The van der Waals surface area contributed by atoms with Gasteiger partial charge in [0.15, 0.2) is 0 Å². The second-order valence-corrected chi connectivity index (χ2v) is 7.02. The van der Waals surface area contributed by atoms with Crippen molar-refractivity contribution >= 4 is 5.95 Å². The number of aromatic amines is 1. The first-order chi connectivity index (χ1) is 12.1. The highest BCUT2D eigenvalue weighted by Gasteiger charge is 2.27. The number of rotatable bonds is 3. The standard InChI is InChI=1S/C18H24N4O3/c1-12-8-22(9-13(2)25-12)18-19-16-11-21(10-14-4-3-7-24-14)6-5-15(16)17(23)20-18/h3-4,7,12-13H,5-6,8-11H2,1-2H3,(H,19,20,23)/t12-,13-/m1/s1. The van der Waals surface area contributed by atoms with Gasteiger partial charge in [0.25, 0.3) is 5.56 Å². The number of fused-ring (bicyclic) bond motifs is 1. The molecule has 0 radical (unpaired) electrons. The Morgan fingerprint density at radius 3 is 2.84 bits per heavy atom. The van der Waals surface area contributed by atoms with E-state index in [4.69, 9.17) is 14.1 Å². The monoisotopic (exact) mass is 344 g/mol. The normalized spacial score (nSPS) is 24.3. The molecular weight excluding hydrogens is 320 g/mol. The van der Waals surface area contributed by atoms with Crippen LogP contribution in [0, 0.1) is 0 Å². The van der Waals surface area contributed by atoms with Gasteiger partial charge in [0.05, 0.1) is 30.7 Å². The van der Waals surface area contributed by atoms with Crippen molar-refractivity contribution in [2.45, 2.75) is 45.6 Å². The van der Waals surface area contributed by atoms with Gasteiger partial charge in [0.2, 0.25) is 5.95 Å². The van der Waals surface area contributed by atoms with E-state index in [1.54, 1.807) is 6.26 Å². The predicted molar refractivity (Wildman–Crippen MR) is 93.6 cm³/mol. The Morgan fingerprint density at radius 1 is 1.32 bits per heavy atom. The minimum Gasteiger partial charge on any atom is -0.468 e. The lowest BCUT2D eigenvalue weighted by Gasteiger charge is -2.36. The van der Waals surface area contributed by atoms with Crippen LogP contribution in [-0.4, -0.2) is 46.7 Å². The molecule has 0 amide bonds. The molecule has 2 atom stereocenters. The summed E-state index contributed by atoms with van der Waals surface area (Å²) < 4.78 is 11.2. The van der Waals surface area contributed by atoms with Crippen LogP contribution in [0.4, 0.5) is 5.95 Å². The third-order valence-corrected chi connectivity index (χ3v) is 4.82. The summed E-state index contributed by atoms with van der Waals surface area (Å²) in [6, 6.07) is 3.87. The van der Waals surface area contributed by atoms with Crippen molar-refractivity contribution in [2.75, 3.05) is 24.5 Å². The summed E-state index contributed by atoms with van der Waals surface area (Å²) >= 11 is 0. The number of ether oxygens (including phenoxy) is 1. The molecule has 1 N–H and O–H groups in total. The van der Waals surface area contributed by atoms with Gasteiger partial charge in [0, 0.05) is 31.7 Å². The SMILES string of the molecule is C[C@@H]1CN(c2nc3c(c(=O)[nH]2)CCN(Cc2ccco2)C3)C[C@@H](C)O1. The topological polar surface area (TPSA) is 74.6 Å². The third-order valence-electron chi connectivity index (χ3n) is 4.82. The fourth-order valence-electron chi connectivity index (χ4n) is 3.74. The van der Waals surface area contributed by atoms with Crippen molar-refractivity contribution in [3.63, 3.8) is 0 Å². The largest absolute Gasteiger partial charge is 0.468 e. The summed E-state index contributed by atoms with van der Waals surface area (Å²) in [5, 5.41) is 0. The van der Waals surface area contributed by atoms with Gasteiger partial charge in [-0.25, -0.2) is 4.98 Å². The summed E-state index contributed by atoms with van der Waals surface area (Å²) in [5.74, 6) is 1.59. The first-order valence-electron chi connectivity index (χ1n) is 8.85. The molecule has 7 nitrogen and oxygen atoms in total. The molecule has 2 aromatic rings. The highest BCUT2D eigenvalue weighted by atomic mass is 16.5. The number of H-pyrrole nitrogens is 1. The van der Waals surface area contributed by atoms with Crippen molar-refractivity contribution in [1.82, 2.24) is 14.9 Å². The fraction of sp³-hybridized carbons (Fsp3) is 0.556. The van der Waals surface area contributed by atoms with E-state index < -0.39 is 0 Å². The van der Waals surface area contributed by atoms with Crippen LogP contribution in [0.25, 0.3) is 0 Å². The van der Waals surface area contributed by atoms with Crippen LogP contribution in [0.2, 0.25) is 0 Å². The van der Waals surface area contributed by atoms with Crippen molar-refractivity contribution in [2.24, 2.45) is 0 Å². The molecule has 4 rings (SSSR count). The van der Waals surface area contributed by atoms with E-state index in [1.807, 2.05) is 26.0 Å². The number of nitrogens with zero attached hydrogens (tertiary/aromatic N) is 3. The Morgan fingerprint density at radius 2 is 2.12 bits per heavy atom. The summed E-state index contributed by atoms with van der Waals surface area (Å²) in [7, 11) is 0. The van der Waals surface area contributed by atoms with Gasteiger partial charge < -0.3 is 14.1 Å². The molecule has 0 unspecified atom stereocenters. The van der Waals surface area contributed by atoms with E-state index in [2.05, 4.69) is 14.8 Å². The van der Waals surface area contributed by atoms with E-state index in [0.29, 0.717) is 18.9 Å². The van der Waals surface area contributed by atoms with Crippen LogP contribution in [-0.2, 0) is 24.2 Å². The second kappa shape index (κ2) is 6.65. The zero-order valence-corrected chi connectivity index (χ0v) is 14.7. The molecule has 2 aliphatic heterocycles. The molecule has 25 heavy (non-hydrogen) atoms. The van der Waals surface area contributed by atoms with Gasteiger partial charge in [0.1, 0.15) is 5.76 Å². The minimum absolute atomic E-state index is 0.00977. The Bertz CT molecular complexity index is 776. The van der Waals surface area contributed by atoms with Crippen LogP contribution >= 0.6 is 0 Å². The van der Waals surface area contributed by atoms with Gasteiger partial charge in [-0.2, -0.15) is 0 Å². The molecule has 2 aromatic heterocycles. The lowest BCUT2D eigenvalue weighted by atomic mass is 10.1. The smallest absolute Gasteiger partial charge is 0.255 e. The van der Waals surface area contributed by atoms with Crippen molar-refractivity contribution in [3.05, 3.63) is 45.8 Å². The predicted octanol–water partition coefficient (Wildman–Crippen LogP) is 1.53. The maximum atomic E-state index is 12.5. The van der Waals surface area contributed by atoms with Crippen molar-refractivity contribution in [1.29, 1.82) is 0 Å². The van der Waals surface area contributed by atoms with E-state index in [9.17, 15) is 4.79 Å². The molecule has 0 aromatic carbocycles. The quantitative estimate of drug-likeness (QED) is 0.910. The van der Waals surface area contributed by atoms with Crippen LogP contribution < -0.4 is 10.5 Å². The van der Waals surface area contributed by atoms with Crippen LogP contribution in [0.3, 0.4) is 0 Å². The molecule has 1 saturated heterocycles. The number of furan rings is 1. The Kier molecular flexibility index (Phi) is 4.35. The third kappa shape index (κ3) is 3.48. The first kappa shape index (κ1) is 16.4. The number of anilines is 1. The number of aromatic nitrogens is 2. The van der Waals surface area contributed by atoms with Gasteiger partial charge in [-0.15, -0.1) is 0 Å². The summed E-state index contributed by atoms with van der Waals surface area (Å²) in [6.45, 7) is 7.81. The van der Waals surface area contributed by atoms with Gasteiger partial charge in [-0.3, -0.25) is 14.7 Å². The number of hydrogen-bond donors (Lipinski definition) is 1.